The fourth-order valence-electron chi connectivity index (χ4n) is 0.689. The monoisotopic (exact) mass is 204 g/mol. The third-order valence-corrected chi connectivity index (χ3v) is 1.30. The zero-order chi connectivity index (χ0) is 9.84. The number of ether oxygens (including phenoxy) is 1. The van der Waals surface area contributed by atoms with Crippen molar-refractivity contribution in [1.82, 2.24) is 4.98 Å². The highest BCUT2D eigenvalue weighted by Crippen LogP contribution is 2.17. The minimum Gasteiger partial charge on any atom is -0.417 e. The van der Waals surface area contributed by atoms with Crippen LogP contribution in [0.25, 0.3) is 0 Å². The minimum absolute atomic E-state index is 0.0605. The van der Waals surface area contributed by atoms with Crippen LogP contribution in [0.15, 0.2) is 12.1 Å². The van der Waals surface area contributed by atoms with Crippen LogP contribution in [0.1, 0.15) is 5.56 Å². The van der Waals surface area contributed by atoms with E-state index in [0.29, 0.717) is 0 Å². The average Bonchev–Trinajstić information content (AvgIpc) is 2.01. The van der Waals surface area contributed by atoms with E-state index >= 15 is 0 Å². The van der Waals surface area contributed by atoms with Crippen molar-refractivity contribution in [2.45, 2.75) is 6.61 Å². The number of hydrogen-bond acceptors (Lipinski definition) is 3. The zero-order valence-electron chi connectivity index (χ0n) is 6.17. The van der Waals surface area contributed by atoms with Gasteiger partial charge in [-0.3, -0.25) is 0 Å². The first-order valence-corrected chi connectivity index (χ1v) is 3.52. The number of nitrogens with zero attached hydrogens (tertiary/aromatic N) is 2. The Morgan fingerprint density at radius 3 is 2.77 bits per heavy atom. The lowest BCUT2D eigenvalue weighted by molar-refractivity contribution is -0.0528. The van der Waals surface area contributed by atoms with Crippen LogP contribution in [-0.2, 0) is 0 Å². The number of nitriles is 1. The van der Waals surface area contributed by atoms with Crippen LogP contribution < -0.4 is 4.74 Å². The number of alkyl halides is 2. The lowest BCUT2D eigenvalue weighted by Crippen LogP contribution is -2.03. The van der Waals surface area contributed by atoms with E-state index in [2.05, 4.69) is 9.72 Å². The van der Waals surface area contributed by atoms with E-state index < -0.39 is 6.61 Å². The molecule has 0 radical (unpaired) electrons. The van der Waals surface area contributed by atoms with E-state index in [-0.39, 0.29) is 16.6 Å². The quantitative estimate of drug-likeness (QED) is 0.694. The molecule has 1 rings (SSSR count). The second-order valence-corrected chi connectivity index (χ2v) is 2.39. The van der Waals surface area contributed by atoms with Gasteiger partial charge in [0.2, 0.25) is 5.88 Å². The van der Waals surface area contributed by atoms with Crippen LogP contribution in [0.4, 0.5) is 8.78 Å². The molecule has 0 saturated carbocycles. The molecule has 0 atom stereocenters. The van der Waals surface area contributed by atoms with E-state index in [1.165, 1.54) is 6.07 Å². The molecule has 0 unspecified atom stereocenters. The van der Waals surface area contributed by atoms with Gasteiger partial charge in [-0.25, -0.2) is 4.98 Å². The first-order chi connectivity index (χ1) is 6.11. The van der Waals surface area contributed by atoms with Gasteiger partial charge in [0.25, 0.3) is 0 Å². The van der Waals surface area contributed by atoms with Crippen LogP contribution in [0.5, 0.6) is 5.88 Å². The van der Waals surface area contributed by atoms with Gasteiger partial charge in [0.05, 0.1) is 11.6 Å². The number of hydrogen-bond donors (Lipinski definition) is 0. The first-order valence-electron chi connectivity index (χ1n) is 3.14. The molecule has 0 N–H and O–H groups in total. The van der Waals surface area contributed by atoms with Gasteiger partial charge >= 0.3 is 6.61 Å². The van der Waals surface area contributed by atoms with E-state index in [0.717, 1.165) is 6.07 Å². The Morgan fingerprint density at radius 1 is 1.54 bits per heavy atom. The summed E-state index contributed by atoms with van der Waals surface area (Å²) in [6.07, 6.45) is 0. The van der Waals surface area contributed by atoms with Gasteiger partial charge in [0.15, 0.2) is 0 Å². The molecule has 3 nitrogen and oxygen atoms in total. The maximum atomic E-state index is 11.7. The van der Waals surface area contributed by atoms with Gasteiger partial charge < -0.3 is 4.74 Å². The van der Waals surface area contributed by atoms with Crippen molar-refractivity contribution in [3.63, 3.8) is 0 Å². The fourth-order valence-corrected chi connectivity index (χ4v) is 0.890. The molecule has 0 aliphatic carbocycles. The summed E-state index contributed by atoms with van der Waals surface area (Å²) < 4.78 is 27.4. The SMILES string of the molecule is N#Cc1cc(Cl)nc(OC(F)F)c1. The molecule has 1 aromatic heterocycles. The zero-order valence-corrected chi connectivity index (χ0v) is 6.92. The predicted octanol–water partition coefficient (Wildman–Crippen LogP) is 2.21. The van der Waals surface area contributed by atoms with E-state index in [1.54, 1.807) is 6.07 Å². The molecule has 0 bridgehead atoms. The molecule has 13 heavy (non-hydrogen) atoms. The molecule has 1 aromatic rings. The second-order valence-electron chi connectivity index (χ2n) is 2.01. The minimum atomic E-state index is -2.97. The molecule has 6 heteroatoms. The number of pyridine rings is 1. The van der Waals surface area contributed by atoms with Gasteiger partial charge in [-0.1, -0.05) is 11.6 Å². The topological polar surface area (TPSA) is 45.9 Å². The Balaban J connectivity index is 2.96. The van der Waals surface area contributed by atoms with E-state index in [4.69, 9.17) is 16.9 Å². The lowest BCUT2D eigenvalue weighted by Gasteiger charge is -2.02. The van der Waals surface area contributed by atoms with Crippen LogP contribution in [0.2, 0.25) is 5.15 Å². The largest absolute Gasteiger partial charge is 0.417 e. The number of aromatic nitrogens is 1. The first kappa shape index (κ1) is 9.68. The molecule has 0 saturated heterocycles. The van der Waals surface area contributed by atoms with Crippen LogP contribution in [0, 0.1) is 11.3 Å². The molecule has 68 valence electrons. The average molecular weight is 205 g/mol. The van der Waals surface area contributed by atoms with Crippen molar-refractivity contribution >= 4 is 11.6 Å². The summed E-state index contributed by atoms with van der Waals surface area (Å²) in [5.74, 6) is -0.362. The molecule has 0 amide bonds. The highest BCUT2D eigenvalue weighted by Gasteiger charge is 2.07. The third-order valence-electron chi connectivity index (χ3n) is 1.11. The standard InChI is InChI=1S/C7H3ClF2N2O/c8-5-1-4(3-11)2-6(12-5)13-7(9)10/h1-2,7H. The van der Waals surface area contributed by atoms with Crippen molar-refractivity contribution in [1.29, 1.82) is 5.26 Å². The smallest absolute Gasteiger partial charge is 0.388 e. The highest BCUT2D eigenvalue weighted by atomic mass is 35.5. The van der Waals surface area contributed by atoms with Gasteiger partial charge in [-0.05, 0) is 6.07 Å². The second kappa shape index (κ2) is 4.01. The summed E-state index contributed by atoms with van der Waals surface area (Å²) in [5, 5.41) is 8.38. The molecule has 0 aliphatic heterocycles. The fraction of sp³-hybridized carbons (Fsp3) is 0.143. The number of halogens is 3. The Kier molecular flexibility index (Phi) is 2.98. The summed E-state index contributed by atoms with van der Waals surface area (Å²) in [6.45, 7) is -2.97. The maximum Gasteiger partial charge on any atom is 0.388 e. The molecule has 0 spiro atoms. The van der Waals surface area contributed by atoms with Gasteiger partial charge in [0.1, 0.15) is 5.15 Å². The number of rotatable bonds is 2. The normalized spacial score (nSPS) is 9.77. The van der Waals surface area contributed by atoms with E-state index in [1.807, 2.05) is 0 Å². The maximum absolute atomic E-state index is 11.7. The van der Waals surface area contributed by atoms with Gasteiger partial charge in [-0.2, -0.15) is 14.0 Å². The Hall–Kier alpha value is -1.41. The summed E-state index contributed by atoms with van der Waals surface area (Å²) in [6, 6.07) is 4.06. The lowest BCUT2D eigenvalue weighted by atomic mass is 10.3. The van der Waals surface area contributed by atoms with Gasteiger partial charge in [0, 0.05) is 6.07 Å². The van der Waals surface area contributed by atoms with E-state index in [9.17, 15) is 8.78 Å². The van der Waals surface area contributed by atoms with Crippen LogP contribution in [-0.4, -0.2) is 11.6 Å². The molecular formula is C7H3ClF2N2O. The predicted molar refractivity (Wildman–Crippen MR) is 40.6 cm³/mol. The van der Waals surface area contributed by atoms with Crippen molar-refractivity contribution in [3.05, 3.63) is 22.8 Å². The van der Waals surface area contributed by atoms with Crippen LogP contribution in [0.3, 0.4) is 0 Å². The summed E-state index contributed by atoms with van der Waals surface area (Å²) >= 11 is 5.43. The molecule has 1 heterocycles. The summed E-state index contributed by atoms with van der Waals surface area (Å²) in [4.78, 5) is 3.43. The molecular weight excluding hydrogens is 202 g/mol. The van der Waals surface area contributed by atoms with Crippen molar-refractivity contribution in [3.8, 4) is 11.9 Å². The van der Waals surface area contributed by atoms with Crippen molar-refractivity contribution < 1.29 is 13.5 Å². The third kappa shape index (κ3) is 2.84. The molecule has 0 fully saturated rings. The summed E-state index contributed by atoms with van der Waals surface area (Å²) in [5.41, 5.74) is 0.121. The van der Waals surface area contributed by atoms with Crippen molar-refractivity contribution in [2.75, 3.05) is 0 Å². The highest BCUT2D eigenvalue weighted by molar-refractivity contribution is 6.29. The van der Waals surface area contributed by atoms with Gasteiger partial charge in [-0.15, -0.1) is 0 Å². The summed E-state index contributed by atoms with van der Waals surface area (Å²) in [7, 11) is 0. The molecule has 0 aromatic carbocycles. The Labute approximate surface area is 77.5 Å². The van der Waals surface area contributed by atoms with Crippen LogP contribution >= 0.6 is 11.6 Å². The Bertz CT molecular complexity index is 351. The molecule has 0 aliphatic rings. The van der Waals surface area contributed by atoms with Crippen molar-refractivity contribution in [2.24, 2.45) is 0 Å². The Morgan fingerprint density at radius 2 is 2.23 bits per heavy atom.